The summed E-state index contributed by atoms with van der Waals surface area (Å²) >= 11 is 0. The molecule has 114 valence electrons. The maximum Gasteiger partial charge on any atom is 0.306 e. The Morgan fingerprint density at radius 3 is 1.95 bits per heavy atom. The largest absolute Gasteiger partial charge is 0.481 e. The molecular weight excluding hydrogens is 266 g/mol. The number of benzene rings is 1. The van der Waals surface area contributed by atoms with E-state index in [2.05, 4.69) is 17.4 Å². The molecule has 0 spiro atoms. The van der Waals surface area contributed by atoms with Crippen LogP contribution in [0.15, 0.2) is 12.1 Å². The summed E-state index contributed by atoms with van der Waals surface area (Å²) in [5, 5.41) is 12.0. The van der Waals surface area contributed by atoms with E-state index in [1.54, 1.807) is 0 Å². The minimum atomic E-state index is -0.737. The molecule has 1 fully saturated rings. The van der Waals surface area contributed by atoms with Gasteiger partial charge in [-0.15, -0.1) is 0 Å². The molecule has 1 amide bonds. The molecule has 1 aliphatic carbocycles. The molecule has 0 radical (unpaired) electrons. The van der Waals surface area contributed by atoms with E-state index >= 15 is 0 Å². The Bertz CT molecular complexity index is 534. The molecule has 0 aromatic heterocycles. The van der Waals surface area contributed by atoms with Crippen molar-refractivity contribution in [1.82, 2.24) is 0 Å². The lowest BCUT2D eigenvalue weighted by Gasteiger charge is -2.26. The second-order valence-corrected chi connectivity index (χ2v) is 6.15. The third-order valence-corrected chi connectivity index (χ3v) is 4.37. The molecule has 21 heavy (non-hydrogen) atoms. The molecule has 1 saturated carbocycles. The summed E-state index contributed by atoms with van der Waals surface area (Å²) in [5.74, 6) is -1.06. The first-order chi connectivity index (χ1) is 9.88. The standard InChI is InChI=1S/C17H23NO3/c1-10-8-11(2)15(12(3)9-10)18-16(19)13-4-6-14(7-5-13)17(20)21/h8-9,13-14H,4-7H2,1-3H3,(H,18,19)(H,20,21). The SMILES string of the molecule is Cc1cc(C)c(NC(=O)C2CCC(C(=O)O)CC2)c(C)c1. The van der Waals surface area contributed by atoms with Gasteiger partial charge in [-0.25, -0.2) is 0 Å². The van der Waals surface area contributed by atoms with Gasteiger partial charge in [0.05, 0.1) is 5.92 Å². The summed E-state index contributed by atoms with van der Waals surface area (Å²) in [4.78, 5) is 23.3. The van der Waals surface area contributed by atoms with Crippen LogP contribution in [0.3, 0.4) is 0 Å². The smallest absolute Gasteiger partial charge is 0.306 e. The van der Waals surface area contributed by atoms with Crippen LogP contribution in [0, 0.1) is 32.6 Å². The van der Waals surface area contributed by atoms with Crippen LogP contribution in [0.2, 0.25) is 0 Å². The molecule has 4 nitrogen and oxygen atoms in total. The fourth-order valence-corrected chi connectivity index (χ4v) is 3.21. The van der Waals surface area contributed by atoms with Crippen molar-refractivity contribution in [3.8, 4) is 0 Å². The molecule has 0 atom stereocenters. The van der Waals surface area contributed by atoms with Crippen molar-refractivity contribution >= 4 is 17.6 Å². The van der Waals surface area contributed by atoms with Crippen molar-refractivity contribution in [1.29, 1.82) is 0 Å². The normalized spacial score (nSPS) is 21.9. The second kappa shape index (κ2) is 6.29. The van der Waals surface area contributed by atoms with Crippen LogP contribution in [0.5, 0.6) is 0 Å². The van der Waals surface area contributed by atoms with E-state index in [9.17, 15) is 9.59 Å². The quantitative estimate of drug-likeness (QED) is 0.895. The highest BCUT2D eigenvalue weighted by molar-refractivity contribution is 5.94. The van der Waals surface area contributed by atoms with E-state index in [1.165, 1.54) is 5.56 Å². The fraction of sp³-hybridized carbons (Fsp3) is 0.529. The number of carboxylic acid groups (broad SMARTS) is 1. The van der Waals surface area contributed by atoms with E-state index in [0.29, 0.717) is 25.7 Å². The zero-order valence-electron chi connectivity index (χ0n) is 12.9. The molecule has 0 saturated heterocycles. The van der Waals surface area contributed by atoms with Gasteiger partial charge in [-0.2, -0.15) is 0 Å². The average molecular weight is 289 g/mol. The van der Waals surface area contributed by atoms with Gasteiger partial charge < -0.3 is 10.4 Å². The Morgan fingerprint density at radius 2 is 1.48 bits per heavy atom. The number of rotatable bonds is 3. The van der Waals surface area contributed by atoms with Gasteiger partial charge in [0.2, 0.25) is 5.91 Å². The van der Waals surface area contributed by atoms with Crippen molar-refractivity contribution in [2.24, 2.45) is 11.8 Å². The van der Waals surface area contributed by atoms with Gasteiger partial charge in [0, 0.05) is 11.6 Å². The average Bonchev–Trinajstić information content (AvgIpc) is 2.42. The van der Waals surface area contributed by atoms with Gasteiger partial charge in [0.15, 0.2) is 0 Å². The maximum absolute atomic E-state index is 12.4. The lowest BCUT2D eigenvalue weighted by Crippen LogP contribution is -2.30. The Hall–Kier alpha value is -1.84. The van der Waals surface area contributed by atoms with Gasteiger partial charge >= 0.3 is 5.97 Å². The molecule has 1 aromatic carbocycles. The molecule has 0 unspecified atom stereocenters. The maximum atomic E-state index is 12.4. The Labute approximate surface area is 125 Å². The molecule has 2 N–H and O–H groups in total. The zero-order chi connectivity index (χ0) is 15.6. The summed E-state index contributed by atoms with van der Waals surface area (Å²) in [5.41, 5.74) is 4.22. The van der Waals surface area contributed by atoms with Crippen LogP contribution in [0.25, 0.3) is 0 Å². The number of amides is 1. The van der Waals surface area contributed by atoms with Crippen LogP contribution in [0.4, 0.5) is 5.69 Å². The number of hydrogen-bond donors (Lipinski definition) is 2. The van der Waals surface area contributed by atoms with E-state index in [1.807, 2.05) is 20.8 Å². The predicted molar refractivity (Wildman–Crippen MR) is 82.4 cm³/mol. The lowest BCUT2D eigenvalue weighted by atomic mass is 9.81. The summed E-state index contributed by atoms with van der Waals surface area (Å²) in [6.07, 6.45) is 2.51. The molecular formula is C17H23NO3. The highest BCUT2D eigenvalue weighted by Gasteiger charge is 2.30. The summed E-state index contributed by atoms with van der Waals surface area (Å²) in [6, 6.07) is 4.12. The third kappa shape index (κ3) is 3.63. The first-order valence-corrected chi connectivity index (χ1v) is 7.50. The number of aliphatic carboxylic acids is 1. The van der Waals surface area contributed by atoms with Crippen molar-refractivity contribution < 1.29 is 14.7 Å². The third-order valence-electron chi connectivity index (χ3n) is 4.37. The minimum Gasteiger partial charge on any atom is -0.481 e. The molecule has 0 aliphatic heterocycles. The minimum absolute atomic E-state index is 0.0221. The summed E-state index contributed by atoms with van der Waals surface area (Å²) in [6.45, 7) is 6.03. The Balaban J connectivity index is 2.01. The zero-order valence-corrected chi connectivity index (χ0v) is 12.9. The Kier molecular flexibility index (Phi) is 4.66. The lowest BCUT2D eigenvalue weighted by molar-refractivity contribution is -0.143. The van der Waals surface area contributed by atoms with Crippen LogP contribution in [-0.2, 0) is 9.59 Å². The van der Waals surface area contributed by atoms with Crippen LogP contribution < -0.4 is 5.32 Å². The number of nitrogens with one attached hydrogen (secondary N) is 1. The fourth-order valence-electron chi connectivity index (χ4n) is 3.21. The number of anilines is 1. The van der Waals surface area contributed by atoms with Crippen LogP contribution in [-0.4, -0.2) is 17.0 Å². The van der Waals surface area contributed by atoms with Crippen molar-refractivity contribution in [3.63, 3.8) is 0 Å². The second-order valence-electron chi connectivity index (χ2n) is 6.15. The molecule has 1 aromatic rings. The van der Waals surface area contributed by atoms with Gasteiger partial charge in [-0.1, -0.05) is 17.7 Å². The summed E-state index contributed by atoms with van der Waals surface area (Å²) in [7, 11) is 0. The van der Waals surface area contributed by atoms with Gasteiger partial charge in [0.25, 0.3) is 0 Å². The predicted octanol–water partition coefficient (Wildman–Crippen LogP) is 3.44. The molecule has 4 heteroatoms. The Morgan fingerprint density at radius 1 is 1.00 bits per heavy atom. The van der Waals surface area contributed by atoms with Crippen molar-refractivity contribution in [3.05, 3.63) is 28.8 Å². The van der Waals surface area contributed by atoms with Gasteiger partial charge in [-0.05, 0) is 57.6 Å². The van der Waals surface area contributed by atoms with Crippen molar-refractivity contribution in [2.75, 3.05) is 5.32 Å². The number of carbonyl (C=O) groups excluding carboxylic acids is 1. The van der Waals surface area contributed by atoms with E-state index in [4.69, 9.17) is 5.11 Å². The monoisotopic (exact) mass is 289 g/mol. The highest BCUT2D eigenvalue weighted by Crippen LogP contribution is 2.31. The molecule has 1 aliphatic rings. The molecule has 2 rings (SSSR count). The first kappa shape index (κ1) is 15.5. The first-order valence-electron chi connectivity index (χ1n) is 7.50. The number of aryl methyl sites for hydroxylation is 3. The molecule has 0 heterocycles. The molecule has 0 bridgehead atoms. The van der Waals surface area contributed by atoms with Gasteiger partial charge in [-0.3, -0.25) is 9.59 Å². The van der Waals surface area contributed by atoms with Crippen LogP contribution >= 0.6 is 0 Å². The van der Waals surface area contributed by atoms with E-state index < -0.39 is 5.97 Å². The van der Waals surface area contributed by atoms with Gasteiger partial charge in [0.1, 0.15) is 0 Å². The van der Waals surface area contributed by atoms with E-state index in [-0.39, 0.29) is 17.7 Å². The highest BCUT2D eigenvalue weighted by atomic mass is 16.4. The summed E-state index contributed by atoms with van der Waals surface area (Å²) < 4.78 is 0. The number of carboxylic acids is 1. The topological polar surface area (TPSA) is 66.4 Å². The van der Waals surface area contributed by atoms with Crippen molar-refractivity contribution in [2.45, 2.75) is 46.5 Å². The number of carbonyl (C=O) groups is 2. The van der Waals surface area contributed by atoms with E-state index in [0.717, 1.165) is 16.8 Å². The number of hydrogen-bond acceptors (Lipinski definition) is 2. The van der Waals surface area contributed by atoms with Crippen LogP contribution in [0.1, 0.15) is 42.4 Å².